The molecule has 6 heteroatoms. The molecular weight excluding hydrogens is 268 g/mol. The molecule has 0 saturated carbocycles. The zero-order chi connectivity index (χ0) is 15.0. The molecule has 1 N–H and O–H groups in total. The first-order valence-corrected chi connectivity index (χ1v) is 6.49. The molecule has 0 radical (unpaired) electrons. The number of imidazole rings is 1. The molecule has 21 heavy (non-hydrogen) atoms. The number of aryl methyl sites for hydroxylation is 1. The van der Waals surface area contributed by atoms with Gasteiger partial charge in [0.2, 0.25) is 0 Å². The molecule has 3 rings (SSSR count). The van der Waals surface area contributed by atoms with E-state index in [9.17, 15) is 9.59 Å². The molecule has 6 nitrogen and oxygen atoms in total. The van der Waals surface area contributed by atoms with Crippen LogP contribution in [-0.2, 0) is 13.6 Å². The minimum absolute atomic E-state index is 0.168. The average Bonchev–Trinajstić information content (AvgIpc) is 2.96. The molecular formula is C15H14N4O2. The average molecular weight is 282 g/mol. The standard InChI is InChI=1S/C15H14N4O2/c1-3-9-19-14(20)11-13(18(2)15(19)21)17-12(16-11)10-7-5-4-6-8-10/h3-8H,1,9H2,2H3,(H,16,17). The fourth-order valence-corrected chi connectivity index (χ4v) is 2.27. The van der Waals surface area contributed by atoms with Crippen LogP contribution in [-0.4, -0.2) is 19.1 Å². The van der Waals surface area contributed by atoms with Crippen molar-refractivity contribution < 1.29 is 0 Å². The maximum atomic E-state index is 12.4. The molecule has 0 unspecified atom stereocenters. The van der Waals surface area contributed by atoms with Gasteiger partial charge >= 0.3 is 5.69 Å². The Hall–Kier alpha value is -2.89. The Morgan fingerprint density at radius 3 is 2.67 bits per heavy atom. The van der Waals surface area contributed by atoms with Crippen LogP contribution in [0, 0.1) is 0 Å². The van der Waals surface area contributed by atoms with E-state index in [-0.39, 0.29) is 12.1 Å². The van der Waals surface area contributed by atoms with E-state index < -0.39 is 5.69 Å². The van der Waals surface area contributed by atoms with Gasteiger partial charge in [-0.1, -0.05) is 36.4 Å². The number of allylic oxidation sites excluding steroid dienone is 1. The molecule has 2 heterocycles. The van der Waals surface area contributed by atoms with Gasteiger partial charge in [-0.15, -0.1) is 6.58 Å². The second kappa shape index (κ2) is 4.90. The number of nitrogens with one attached hydrogen (secondary N) is 1. The summed E-state index contributed by atoms with van der Waals surface area (Å²) in [5, 5.41) is 0. The largest absolute Gasteiger partial charge is 0.332 e. The number of hydrogen-bond acceptors (Lipinski definition) is 3. The monoisotopic (exact) mass is 282 g/mol. The van der Waals surface area contributed by atoms with E-state index in [0.717, 1.165) is 10.1 Å². The SMILES string of the molecule is C=CCn1c(=O)c2[nH]c(-c3ccccc3)nc2n(C)c1=O. The molecule has 0 aliphatic rings. The molecule has 0 saturated heterocycles. The summed E-state index contributed by atoms with van der Waals surface area (Å²) in [5.41, 5.74) is 0.735. The van der Waals surface area contributed by atoms with Crippen molar-refractivity contribution in [1.82, 2.24) is 19.1 Å². The summed E-state index contributed by atoms with van der Waals surface area (Å²) < 4.78 is 2.49. The van der Waals surface area contributed by atoms with Gasteiger partial charge in [-0.3, -0.25) is 13.9 Å². The molecule has 1 aromatic carbocycles. The molecule has 0 spiro atoms. The van der Waals surface area contributed by atoms with Gasteiger partial charge in [0.25, 0.3) is 5.56 Å². The normalized spacial score (nSPS) is 10.9. The van der Waals surface area contributed by atoms with Crippen molar-refractivity contribution in [2.24, 2.45) is 7.05 Å². The Balaban J connectivity index is 2.34. The van der Waals surface area contributed by atoms with Crippen LogP contribution >= 0.6 is 0 Å². The zero-order valence-electron chi connectivity index (χ0n) is 11.5. The van der Waals surface area contributed by atoms with Crippen LogP contribution in [0.4, 0.5) is 0 Å². The van der Waals surface area contributed by atoms with Crippen molar-refractivity contribution in [1.29, 1.82) is 0 Å². The molecule has 0 amide bonds. The van der Waals surface area contributed by atoms with Gasteiger partial charge in [0.1, 0.15) is 11.3 Å². The second-order valence-electron chi connectivity index (χ2n) is 4.70. The van der Waals surface area contributed by atoms with Gasteiger partial charge in [0, 0.05) is 19.2 Å². The fraction of sp³-hybridized carbons (Fsp3) is 0.133. The van der Waals surface area contributed by atoms with Crippen molar-refractivity contribution in [2.45, 2.75) is 6.54 Å². The molecule has 0 aliphatic heterocycles. The van der Waals surface area contributed by atoms with Crippen molar-refractivity contribution in [3.8, 4) is 11.4 Å². The van der Waals surface area contributed by atoms with Crippen LogP contribution in [0.5, 0.6) is 0 Å². The molecule has 2 aromatic heterocycles. The highest BCUT2D eigenvalue weighted by molar-refractivity contribution is 5.75. The van der Waals surface area contributed by atoms with Gasteiger partial charge in [0.15, 0.2) is 5.65 Å². The summed E-state index contributed by atoms with van der Waals surface area (Å²) in [6.07, 6.45) is 1.52. The number of H-pyrrole nitrogens is 1. The summed E-state index contributed by atoms with van der Waals surface area (Å²) in [6.45, 7) is 3.73. The van der Waals surface area contributed by atoms with E-state index in [4.69, 9.17) is 0 Å². The minimum atomic E-state index is -0.404. The Morgan fingerprint density at radius 2 is 2.00 bits per heavy atom. The molecule has 0 aliphatic carbocycles. The number of nitrogens with zero attached hydrogens (tertiary/aromatic N) is 3. The number of aromatic amines is 1. The van der Waals surface area contributed by atoms with Gasteiger partial charge in [-0.25, -0.2) is 9.78 Å². The smallest absolute Gasteiger partial charge is 0.332 e. The molecule has 0 bridgehead atoms. The number of rotatable bonds is 3. The molecule has 106 valence electrons. The van der Waals surface area contributed by atoms with Crippen LogP contribution in [0.3, 0.4) is 0 Å². The molecule has 3 aromatic rings. The summed E-state index contributed by atoms with van der Waals surface area (Å²) in [6, 6.07) is 9.45. The Labute approximate surface area is 120 Å². The van der Waals surface area contributed by atoms with Gasteiger partial charge < -0.3 is 4.98 Å². The lowest BCUT2D eigenvalue weighted by Gasteiger charge is -2.04. The molecule has 0 atom stereocenters. The summed E-state index contributed by atoms with van der Waals surface area (Å²) in [5.74, 6) is 0.564. The van der Waals surface area contributed by atoms with E-state index >= 15 is 0 Å². The van der Waals surface area contributed by atoms with Crippen LogP contribution < -0.4 is 11.2 Å². The number of benzene rings is 1. The van der Waals surface area contributed by atoms with Crippen LogP contribution in [0.25, 0.3) is 22.6 Å². The third kappa shape index (κ3) is 2.01. The van der Waals surface area contributed by atoms with E-state index in [1.165, 1.54) is 10.6 Å². The summed E-state index contributed by atoms with van der Waals surface area (Å²) in [4.78, 5) is 31.9. The van der Waals surface area contributed by atoms with Crippen LogP contribution in [0.1, 0.15) is 0 Å². The van der Waals surface area contributed by atoms with E-state index in [1.807, 2.05) is 30.3 Å². The highest BCUT2D eigenvalue weighted by Gasteiger charge is 2.15. The van der Waals surface area contributed by atoms with Gasteiger partial charge in [0.05, 0.1) is 0 Å². The first kappa shape index (κ1) is 13.1. The highest BCUT2D eigenvalue weighted by atomic mass is 16.2. The number of aromatic nitrogens is 4. The van der Waals surface area contributed by atoms with Crippen LogP contribution in [0.15, 0.2) is 52.6 Å². The second-order valence-corrected chi connectivity index (χ2v) is 4.70. The van der Waals surface area contributed by atoms with Crippen molar-refractivity contribution in [3.63, 3.8) is 0 Å². The number of fused-ring (bicyclic) bond motifs is 1. The Morgan fingerprint density at radius 1 is 1.29 bits per heavy atom. The molecule has 0 fully saturated rings. The highest BCUT2D eigenvalue weighted by Crippen LogP contribution is 2.17. The maximum absolute atomic E-state index is 12.4. The lowest BCUT2D eigenvalue weighted by atomic mass is 10.2. The first-order chi connectivity index (χ1) is 10.1. The van der Waals surface area contributed by atoms with Crippen LogP contribution in [0.2, 0.25) is 0 Å². The van der Waals surface area contributed by atoms with E-state index in [1.54, 1.807) is 7.05 Å². The lowest BCUT2D eigenvalue weighted by Crippen LogP contribution is -2.38. The van der Waals surface area contributed by atoms with Crippen molar-refractivity contribution in [2.75, 3.05) is 0 Å². The fourth-order valence-electron chi connectivity index (χ4n) is 2.27. The van der Waals surface area contributed by atoms with E-state index in [2.05, 4.69) is 16.5 Å². The third-order valence-corrected chi connectivity index (χ3v) is 3.34. The topological polar surface area (TPSA) is 72.7 Å². The van der Waals surface area contributed by atoms with E-state index in [0.29, 0.717) is 17.0 Å². The van der Waals surface area contributed by atoms with Crippen molar-refractivity contribution >= 4 is 11.2 Å². The number of hydrogen-bond donors (Lipinski definition) is 1. The third-order valence-electron chi connectivity index (χ3n) is 3.34. The minimum Gasteiger partial charge on any atom is -0.332 e. The Kier molecular flexibility index (Phi) is 3.06. The summed E-state index contributed by atoms with van der Waals surface area (Å²) in [7, 11) is 1.60. The zero-order valence-corrected chi connectivity index (χ0v) is 11.5. The maximum Gasteiger partial charge on any atom is 0.332 e. The Bertz CT molecular complexity index is 932. The van der Waals surface area contributed by atoms with Gasteiger partial charge in [-0.05, 0) is 0 Å². The van der Waals surface area contributed by atoms with Gasteiger partial charge in [-0.2, -0.15) is 0 Å². The quantitative estimate of drug-likeness (QED) is 0.735. The predicted molar refractivity (Wildman–Crippen MR) is 81.2 cm³/mol. The summed E-state index contributed by atoms with van der Waals surface area (Å²) >= 11 is 0. The lowest BCUT2D eigenvalue weighted by molar-refractivity contribution is 0.668. The first-order valence-electron chi connectivity index (χ1n) is 6.49. The van der Waals surface area contributed by atoms with Crippen molar-refractivity contribution in [3.05, 3.63) is 63.8 Å². The predicted octanol–water partition coefficient (Wildman–Crippen LogP) is 1.28.